The van der Waals surface area contributed by atoms with Crippen molar-refractivity contribution >= 4 is 40.5 Å². The van der Waals surface area contributed by atoms with Crippen molar-refractivity contribution in [2.24, 2.45) is 0 Å². The predicted molar refractivity (Wildman–Crippen MR) is 118 cm³/mol. The van der Waals surface area contributed by atoms with Gasteiger partial charge in [-0.2, -0.15) is 0 Å². The Morgan fingerprint density at radius 1 is 1.14 bits per heavy atom. The van der Waals surface area contributed by atoms with Crippen LogP contribution in [0.3, 0.4) is 0 Å². The molecular formula is C22H21ClN2O2S. The van der Waals surface area contributed by atoms with E-state index in [2.05, 4.69) is 30.5 Å². The van der Waals surface area contributed by atoms with Crippen LogP contribution in [0.4, 0.5) is 5.69 Å². The van der Waals surface area contributed by atoms with E-state index in [9.17, 15) is 4.79 Å². The Bertz CT molecular complexity index is 999. The van der Waals surface area contributed by atoms with Crippen molar-refractivity contribution in [2.45, 2.75) is 26.2 Å². The number of rotatable bonds is 5. The Kier molecular flexibility index (Phi) is 6.49. The molecule has 0 fully saturated rings. The standard InChI is InChI=1S/C22H21ClN2O2S/c1-3-14(2)17-9-4-5-10-18(17)24-22(28)25-21(26)20-12-11-19(27-20)15-7-6-8-16(23)13-15/h4-14H,3H2,1-2H3,(H2,24,25,26,28). The minimum Gasteiger partial charge on any atom is -0.451 e. The first-order valence-electron chi connectivity index (χ1n) is 9.05. The minimum atomic E-state index is -0.410. The topological polar surface area (TPSA) is 54.3 Å². The van der Waals surface area contributed by atoms with Crippen molar-refractivity contribution in [3.63, 3.8) is 0 Å². The molecule has 1 aromatic heterocycles. The van der Waals surface area contributed by atoms with E-state index in [1.165, 1.54) is 0 Å². The number of carbonyl (C=O) groups excluding carboxylic acids is 1. The molecule has 0 spiro atoms. The summed E-state index contributed by atoms with van der Waals surface area (Å²) >= 11 is 11.3. The Balaban J connectivity index is 1.68. The van der Waals surface area contributed by atoms with E-state index in [-0.39, 0.29) is 10.9 Å². The average Bonchev–Trinajstić information content (AvgIpc) is 3.18. The summed E-state index contributed by atoms with van der Waals surface area (Å²) in [4.78, 5) is 12.5. The van der Waals surface area contributed by atoms with E-state index < -0.39 is 5.91 Å². The lowest BCUT2D eigenvalue weighted by Gasteiger charge is -2.16. The van der Waals surface area contributed by atoms with E-state index in [0.717, 1.165) is 23.2 Å². The van der Waals surface area contributed by atoms with Gasteiger partial charge in [-0.1, -0.05) is 55.8 Å². The summed E-state index contributed by atoms with van der Waals surface area (Å²) in [5.41, 5.74) is 2.85. The third-order valence-corrected chi connectivity index (χ3v) is 4.96. The van der Waals surface area contributed by atoms with Crippen molar-refractivity contribution in [1.29, 1.82) is 0 Å². The van der Waals surface area contributed by atoms with Crippen molar-refractivity contribution in [3.05, 3.63) is 77.0 Å². The van der Waals surface area contributed by atoms with Crippen molar-refractivity contribution in [1.82, 2.24) is 5.32 Å². The van der Waals surface area contributed by atoms with Crippen LogP contribution in [0.5, 0.6) is 0 Å². The molecule has 0 saturated heterocycles. The normalized spacial score (nSPS) is 11.7. The molecule has 1 heterocycles. The van der Waals surface area contributed by atoms with Crippen LogP contribution in [0.1, 0.15) is 42.3 Å². The van der Waals surface area contributed by atoms with Gasteiger partial charge >= 0.3 is 0 Å². The summed E-state index contributed by atoms with van der Waals surface area (Å²) in [5, 5.41) is 6.61. The summed E-state index contributed by atoms with van der Waals surface area (Å²) in [7, 11) is 0. The number of anilines is 1. The molecule has 1 unspecified atom stereocenters. The highest BCUT2D eigenvalue weighted by molar-refractivity contribution is 7.80. The molecule has 0 saturated carbocycles. The summed E-state index contributed by atoms with van der Waals surface area (Å²) in [5.74, 6) is 0.710. The number of benzene rings is 2. The fourth-order valence-electron chi connectivity index (χ4n) is 2.84. The Labute approximate surface area is 174 Å². The quantitative estimate of drug-likeness (QED) is 0.487. The van der Waals surface area contributed by atoms with E-state index in [1.807, 2.05) is 30.3 Å². The maximum atomic E-state index is 12.5. The number of halogens is 1. The lowest BCUT2D eigenvalue weighted by atomic mass is 9.97. The Hall–Kier alpha value is -2.63. The maximum absolute atomic E-state index is 12.5. The predicted octanol–water partition coefficient (Wildman–Crippen LogP) is 6.24. The lowest BCUT2D eigenvalue weighted by Crippen LogP contribution is -2.34. The van der Waals surface area contributed by atoms with Gasteiger partial charge in [-0.3, -0.25) is 10.1 Å². The molecule has 3 aromatic rings. The first-order valence-corrected chi connectivity index (χ1v) is 9.83. The number of furan rings is 1. The Morgan fingerprint density at radius 2 is 1.93 bits per heavy atom. The van der Waals surface area contributed by atoms with Gasteiger partial charge < -0.3 is 9.73 Å². The smallest absolute Gasteiger partial charge is 0.293 e. The van der Waals surface area contributed by atoms with Gasteiger partial charge in [0, 0.05) is 16.3 Å². The van der Waals surface area contributed by atoms with Gasteiger partial charge in [-0.25, -0.2) is 0 Å². The van der Waals surface area contributed by atoms with Gasteiger partial charge in [0.1, 0.15) is 5.76 Å². The summed E-state index contributed by atoms with van der Waals surface area (Å²) in [6.45, 7) is 4.29. The van der Waals surface area contributed by atoms with Crippen LogP contribution in [0, 0.1) is 0 Å². The molecule has 0 aliphatic rings. The molecule has 0 bridgehead atoms. The zero-order chi connectivity index (χ0) is 20.1. The molecule has 2 aromatic carbocycles. The molecule has 3 rings (SSSR count). The van der Waals surface area contributed by atoms with Crippen LogP contribution in [0.25, 0.3) is 11.3 Å². The second-order valence-electron chi connectivity index (χ2n) is 6.48. The van der Waals surface area contributed by atoms with Gasteiger partial charge in [0.15, 0.2) is 10.9 Å². The zero-order valence-corrected chi connectivity index (χ0v) is 17.2. The largest absolute Gasteiger partial charge is 0.451 e. The fourth-order valence-corrected chi connectivity index (χ4v) is 3.23. The van der Waals surface area contributed by atoms with Crippen LogP contribution >= 0.6 is 23.8 Å². The zero-order valence-electron chi connectivity index (χ0n) is 15.7. The number of carbonyl (C=O) groups is 1. The van der Waals surface area contributed by atoms with Crippen molar-refractivity contribution in [2.75, 3.05) is 5.32 Å². The van der Waals surface area contributed by atoms with E-state index >= 15 is 0 Å². The molecule has 2 N–H and O–H groups in total. The molecule has 1 atom stereocenters. The average molecular weight is 413 g/mol. The first-order chi connectivity index (χ1) is 13.5. The second-order valence-corrected chi connectivity index (χ2v) is 7.32. The number of hydrogen-bond donors (Lipinski definition) is 2. The summed E-state index contributed by atoms with van der Waals surface area (Å²) in [6.07, 6.45) is 1.01. The summed E-state index contributed by atoms with van der Waals surface area (Å²) < 4.78 is 5.66. The highest BCUT2D eigenvalue weighted by atomic mass is 35.5. The number of para-hydroxylation sites is 1. The first kappa shape index (κ1) is 20.1. The molecule has 144 valence electrons. The lowest BCUT2D eigenvalue weighted by molar-refractivity contribution is 0.0951. The number of thiocarbonyl (C=S) groups is 1. The van der Waals surface area contributed by atoms with Crippen molar-refractivity contribution in [3.8, 4) is 11.3 Å². The van der Waals surface area contributed by atoms with Gasteiger partial charge in [0.2, 0.25) is 0 Å². The monoisotopic (exact) mass is 412 g/mol. The van der Waals surface area contributed by atoms with Gasteiger partial charge in [0.05, 0.1) is 0 Å². The number of nitrogens with one attached hydrogen (secondary N) is 2. The summed E-state index contributed by atoms with van der Waals surface area (Å²) in [6, 6.07) is 18.5. The molecule has 1 amide bonds. The van der Waals surface area contributed by atoms with Crippen LogP contribution < -0.4 is 10.6 Å². The molecule has 6 heteroatoms. The van der Waals surface area contributed by atoms with Crippen molar-refractivity contribution < 1.29 is 9.21 Å². The fraction of sp³-hybridized carbons (Fsp3) is 0.182. The second kappa shape index (κ2) is 9.04. The SMILES string of the molecule is CCC(C)c1ccccc1NC(=S)NC(=O)c1ccc(-c2cccc(Cl)c2)o1. The third-order valence-electron chi connectivity index (χ3n) is 4.52. The van der Waals surface area contributed by atoms with Crippen LogP contribution in [-0.4, -0.2) is 11.0 Å². The number of hydrogen-bond acceptors (Lipinski definition) is 3. The highest BCUT2D eigenvalue weighted by Crippen LogP contribution is 2.27. The van der Waals surface area contributed by atoms with Gasteiger partial charge in [-0.05, 0) is 60.5 Å². The van der Waals surface area contributed by atoms with Crippen LogP contribution in [0.15, 0.2) is 65.1 Å². The van der Waals surface area contributed by atoms with E-state index in [4.69, 9.17) is 28.2 Å². The van der Waals surface area contributed by atoms with E-state index in [1.54, 1.807) is 24.3 Å². The molecule has 0 aliphatic carbocycles. The van der Waals surface area contributed by atoms with E-state index in [0.29, 0.717) is 16.7 Å². The third kappa shape index (κ3) is 4.80. The van der Waals surface area contributed by atoms with Crippen LogP contribution in [-0.2, 0) is 0 Å². The number of amides is 1. The van der Waals surface area contributed by atoms with Crippen LogP contribution in [0.2, 0.25) is 5.02 Å². The highest BCUT2D eigenvalue weighted by Gasteiger charge is 2.15. The molecule has 0 radical (unpaired) electrons. The minimum absolute atomic E-state index is 0.175. The Morgan fingerprint density at radius 3 is 2.68 bits per heavy atom. The molecule has 28 heavy (non-hydrogen) atoms. The molecule has 4 nitrogen and oxygen atoms in total. The van der Waals surface area contributed by atoms with Gasteiger partial charge in [0.25, 0.3) is 5.91 Å². The molecule has 0 aliphatic heterocycles. The molecular weight excluding hydrogens is 392 g/mol. The van der Waals surface area contributed by atoms with Gasteiger partial charge in [-0.15, -0.1) is 0 Å². The maximum Gasteiger partial charge on any atom is 0.293 e.